The minimum Gasteiger partial charge on any atom is -0.455 e. The second kappa shape index (κ2) is 6.66. The van der Waals surface area contributed by atoms with Crippen LogP contribution in [-0.4, -0.2) is 4.98 Å². The minimum absolute atomic E-state index is 0.0957. The fraction of sp³-hybridized carbons (Fsp3) is 0.333. The highest BCUT2D eigenvalue weighted by Gasteiger charge is 2.43. The van der Waals surface area contributed by atoms with Gasteiger partial charge in [-0.2, -0.15) is 0 Å². The summed E-state index contributed by atoms with van der Waals surface area (Å²) in [7, 11) is 2.17. The number of pyridine rings is 2. The number of rotatable bonds is 1. The average Bonchev–Trinajstić information content (AvgIpc) is 3.13. The molecule has 5 aromatic rings. The first-order valence-electron chi connectivity index (χ1n) is 11.9. The summed E-state index contributed by atoms with van der Waals surface area (Å²) in [5, 5.41) is 3.39. The van der Waals surface area contributed by atoms with E-state index >= 15 is 0 Å². The molecule has 0 N–H and O–H groups in total. The van der Waals surface area contributed by atoms with Crippen molar-refractivity contribution in [2.45, 2.75) is 58.3 Å². The number of furan rings is 1. The Kier molecular flexibility index (Phi) is 4.12. The summed E-state index contributed by atoms with van der Waals surface area (Å²) in [6.45, 7) is 11.8. The van der Waals surface area contributed by atoms with Crippen molar-refractivity contribution in [3.8, 4) is 11.3 Å². The molecule has 0 unspecified atom stereocenters. The third-order valence-corrected chi connectivity index (χ3v) is 7.91. The number of benzene rings is 2. The Hall–Kier alpha value is -3.20. The summed E-state index contributed by atoms with van der Waals surface area (Å²) in [4.78, 5) is 4.58. The quantitative estimate of drug-likeness (QED) is 0.259. The molecule has 1 aliphatic rings. The van der Waals surface area contributed by atoms with E-state index in [4.69, 9.17) is 4.42 Å². The summed E-state index contributed by atoms with van der Waals surface area (Å²) in [6, 6.07) is 15.2. The van der Waals surface area contributed by atoms with Crippen molar-refractivity contribution in [1.82, 2.24) is 4.98 Å². The van der Waals surface area contributed by atoms with Gasteiger partial charge in [-0.05, 0) is 59.9 Å². The fourth-order valence-electron chi connectivity index (χ4n) is 5.88. The average molecular weight is 436 g/mol. The Morgan fingerprint density at radius 3 is 2.55 bits per heavy atom. The highest BCUT2D eigenvalue weighted by Crippen LogP contribution is 2.50. The van der Waals surface area contributed by atoms with Gasteiger partial charge in [-0.1, -0.05) is 45.9 Å². The van der Waals surface area contributed by atoms with Crippen LogP contribution in [0.25, 0.3) is 44.1 Å². The zero-order valence-electron chi connectivity index (χ0n) is 20.4. The molecule has 0 saturated carbocycles. The van der Waals surface area contributed by atoms with Gasteiger partial charge in [0.05, 0.1) is 11.1 Å². The van der Waals surface area contributed by atoms with Crippen LogP contribution in [0.2, 0.25) is 0 Å². The van der Waals surface area contributed by atoms with E-state index in [1.54, 1.807) is 0 Å². The Bertz CT molecular complexity index is 1590. The Labute approximate surface area is 195 Å². The van der Waals surface area contributed by atoms with Gasteiger partial charge in [-0.15, -0.1) is 0 Å². The van der Waals surface area contributed by atoms with E-state index in [9.17, 15) is 0 Å². The van der Waals surface area contributed by atoms with Gasteiger partial charge >= 0.3 is 0 Å². The maximum Gasteiger partial charge on any atom is 0.220 e. The molecule has 0 saturated heterocycles. The Morgan fingerprint density at radius 1 is 0.939 bits per heavy atom. The predicted octanol–water partition coefficient (Wildman–Crippen LogP) is 7.28. The summed E-state index contributed by atoms with van der Waals surface area (Å²) >= 11 is 0. The number of aromatic nitrogens is 2. The number of hydrogen-bond donors (Lipinski definition) is 0. The van der Waals surface area contributed by atoms with Gasteiger partial charge in [0.25, 0.3) is 0 Å². The third kappa shape index (κ3) is 2.88. The molecule has 0 amide bonds. The van der Waals surface area contributed by atoms with E-state index in [0.717, 1.165) is 32.8 Å². The lowest BCUT2D eigenvalue weighted by atomic mass is 9.62. The van der Waals surface area contributed by atoms with Gasteiger partial charge in [0.2, 0.25) is 5.69 Å². The molecular weight excluding hydrogens is 404 g/mol. The van der Waals surface area contributed by atoms with Crippen molar-refractivity contribution in [3.05, 3.63) is 71.5 Å². The van der Waals surface area contributed by atoms with Crippen molar-refractivity contribution >= 4 is 32.8 Å². The van der Waals surface area contributed by atoms with Crippen LogP contribution >= 0.6 is 0 Å². The molecular formula is C30H31N2O+. The van der Waals surface area contributed by atoms with Gasteiger partial charge in [-0.3, -0.25) is 4.98 Å². The first-order chi connectivity index (χ1) is 15.7. The molecule has 2 aromatic carbocycles. The minimum atomic E-state index is 0.0957. The molecule has 0 bridgehead atoms. The Balaban J connectivity index is 1.76. The van der Waals surface area contributed by atoms with Crippen LogP contribution in [0.1, 0.15) is 57.2 Å². The largest absolute Gasteiger partial charge is 0.455 e. The monoisotopic (exact) mass is 435 g/mol. The van der Waals surface area contributed by atoms with Gasteiger partial charge in [0.15, 0.2) is 6.20 Å². The normalized spacial score (nSPS) is 17.0. The highest BCUT2D eigenvalue weighted by atomic mass is 16.3. The molecule has 33 heavy (non-hydrogen) atoms. The summed E-state index contributed by atoms with van der Waals surface area (Å²) in [6.07, 6.45) is 6.46. The second-order valence-electron chi connectivity index (χ2n) is 11.1. The van der Waals surface area contributed by atoms with Crippen molar-refractivity contribution in [2.75, 3.05) is 0 Å². The standard InChI is InChI=1S/C30H31N2O/c1-18-9-10-20-21-17-23-19(8-7-14-31-23)16-24(21)33-28(20)25(18)27-26-22(11-15-32(27)6)29(2,3)12-13-30(26,4)5/h7-11,14-17H,12-13H2,1-6H3/q+1. The van der Waals surface area contributed by atoms with Crippen LogP contribution in [-0.2, 0) is 17.9 Å². The topological polar surface area (TPSA) is 29.9 Å². The van der Waals surface area contributed by atoms with E-state index in [1.807, 2.05) is 12.3 Å². The molecule has 166 valence electrons. The molecule has 0 radical (unpaired) electrons. The van der Waals surface area contributed by atoms with Crippen LogP contribution in [0, 0.1) is 6.92 Å². The highest BCUT2D eigenvalue weighted by molar-refractivity contribution is 6.13. The molecule has 0 aliphatic heterocycles. The lowest BCUT2D eigenvalue weighted by Crippen LogP contribution is -2.41. The molecule has 3 heterocycles. The predicted molar refractivity (Wildman–Crippen MR) is 136 cm³/mol. The molecule has 3 nitrogen and oxygen atoms in total. The van der Waals surface area contributed by atoms with E-state index in [0.29, 0.717) is 0 Å². The SMILES string of the molecule is Cc1ccc2c(oc3cc4cccnc4cc32)c1-c1c2c(cc[n+]1C)C(C)(C)CCC2(C)C. The number of fused-ring (bicyclic) bond motifs is 5. The third-order valence-electron chi connectivity index (χ3n) is 7.91. The van der Waals surface area contributed by atoms with E-state index in [-0.39, 0.29) is 10.8 Å². The van der Waals surface area contributed by atoms with Gasteiger partial charge in [-0.25, -0.2) is 4.57 Å². The second-order valence-corrected chi connectivity index (χ2v) is 11.1. The van der Waals surface area contributed by atoms with Crippen LogP contribution in [0.15, 0.2) is 59.3 Å². The fourth-order valence-corrected chi connectivity index (χ4v) is 5.88. The molecule has 6 rings (SSSR count). The zero-order valence-corrected chi connectivity index (χ0v) is 20.4. The van der Waals surface area contributed by atoms with Crippen molar-refractivity contribution in [1.29, 1.82) is 0 Å². The first-order valence-corrected chi connectivity index (χ1v) is 11.9. The van der Waals surface area contributed by atoms with E-state index in [2.05, 4.69) is 93.8 Å². The Morgan fingerprint density at radius 2 is 1.73 bits per heavy atom. The van der Waals surface area contributed by atoms with Crippen molar-refractivity contribution in [2.24, 2.45) is 7.05 Å². The summed E-state index contributed by atoms with van der Waals surface area (Å²) in [5.74, 6) is 0. The summed E-state index contributed by atoms with van der Waals surface area (Å²) in [5.41, 5.74) is 9.83. The maximum atomic E-state index is 6.65. The van der Waals surface area contributed by atoms with Crippen LogP contribution < -0.4 is 4.57 Å². The molecule has 3 aromatic heterocycles. The number of nitrogens with zero attached hydrogens (tertiary/aromatic N) is 2. The lowest BCUT2D eigenvalue weighted by Gasteiger charge is -2.41. The maximum absolute atomic E-state index is 6.65. The molecule has 0 fully saturated rings. The number of hydrogen-bond acceptors (Lipinski definition) is 2. The lowest BCUT2D eigenvalue weighted by molar-refractivity contribution is -0.661. The summed E-state index contributed by atoms with van der Waals surface area (Å²) < 4.78 is 8.95. The van der Waals surface area contributed by atoms with Gasteiger partial charge in [0, 0.05) is 34.0 Å². The van der Waals surface area contributed by atoms with Gasteiger partial charge < -0.3 is 4.42 Å². The van der Waals surface area contributed by atoms with E-state index < -0.39 is 0 Å². The van der Waals surface area contributed by atoms with Gasteiger partial charge in [0.1, 0.15) is 18.2 Å². The molecule has 0 spiro atoms. The van der Waals surface area contributed by atoms with Crippen LogP contribution in [0.3, 0.4) is 0 Å². The number of aryl methyl sites for hydroxylation is 2. The van der Waals surface area contributed by atoms with Crippen LogP contribution in [0.4, 0.5) is 0 Å². The first kappa shape index (κ1) is 20.4. The smallest absolute Gasteiger partial charge is 0.220 e. The van der Waals surface area contributed by atoms with E-state index in [1.165, 1.54) is 40.8 Å². The molecule has 0 atom stereocenters. The zero-order chi connectivity index (χ0) is 23.1. The van der Waals surface area contributed by atoms with Crippen molar-refractivity contribution in [3.63, 3.8) is 0 Å². The van der Waals surface area contributed by atoms with Crippen LogP contribution in [0.5, 0.6) is 0 Å². The van der Waals surface area contributed by atoms with Crippen molar-refractivity contribution < 1.29 is 8.98 Å². The molecule has 1 aliphatic carbocycles. The molecule has 3 heteroatoms.